The molecule has 4 aliphatic rings. The summed E-state index contributed by atoms with van der Waals surface area (Å²) in [6.45, 7) is -1.24. The van der Waals surface area contributed by atoms with Gasteiger partial charge in [-0.3, -0.25) is 4.79 Å². The number of carboxylic acids is 1. The van der Waals surface area contributed by atoms with Crippen LogP contribution < -0.4 is 28.3 Å². The van der Waals surface area contributed by atoms with E-state index in [1.165, 1.54) is 0 Å². The molecule has 4 fully saturated rings. The van der Waals surface area contributed by atoms with Gasteiger partial charge >= 0.3 is 5.97 Å². The van der Waals surface area contributed by atoms with Gasteiger partial charge in [0.05, 0.1) is 18.7 Å². The smallest absolute Gasteiger partial charge is 0.335 e. The van der Waals surface area contributed by atoms with Crippen LogP contribution in [0.3, 0.4) is 0 Å². The molecule has 5 unspecified atom stereocenters. The minimum atomic E-state index is -2.05. The van der Waals surface area contributed by atoms with E-state index in [-0.39, 0.29) is 19.4 Å². The first kappa shape index (κ1) is 42.9. The molecule has 3 heterocycles. The Kier molecular flexibility index (Phi) is 15.0. The second-order valence-electron chi connectivity index (χ2n) is 13.2. The van der Waals surface area contributed by atoms with Crippen molar-refractivity contribution in [3.63, 3.8) is 0 Å². The molecule has 0 bridgehead atoms. The van der Waals surface area contributed by atoms with Gasteiger partial charge in [-0.05, 0) is 19.4 Å². The summed E-state index contributed by atoms with van der Waals surface area (Å²) in [6, 6.07) is -3.79. The number of ether oxygens (including phenoxy) is 6. The Morgan fingerprint density at radius 2 is 1.27 bits per heavy atom. The lowest BCUT2D eigenvalue weighted by molar-refractivity contribution is -0.362. The molecule has 1 aliphatic carbocycles. The normalized spacial score (nSPS) is 47.8. The van der Waals surface area contributed by atoms with E-state index >= 15 is 0 Å². The summed E-state index contributed by atoms with van der Waals surface area (Å²) in [5.74, 6) is -2.61. The molecule has 4 rings (SSSR count). The van der Waals surface area contributed by atoms with Crippen LogP contribution in [0.2, 0.25) is 0 Å². The van der Waals surface area contributed by atoms with Gasteiger partial charge in [0.2, 0.25) is 5.91 Å². The average molecular weight is 762 g/mol. The molecule has 0 aromatic carbocycles. The van der Waals surface area contributed by atoms with Gasteiger partial charge in [-0.1, -0.05) is 0 Å². The molecule has 20 N–H and O–H groups in total. The summed E-state index contributed by atoms with van der Waals surface area (Å²) in [5, 5.41) is 117. The van der Waals surface area contributed by atoms with E-state index in [0.29, 0.717) is 0 Å². The highest BCUT2D eigenvalue weighted by atomic mass is 16.7. The number of hydrogen-bond acceptors (Lipinski definition) is 22. The highest BCUT2D eigenvalue weighted by molar-refractivity contribution is 5.80. The van der Waals surface area contributed by atoms with Crippen LogP contribution in [0.25, 0.3) is 0 Å². The molecule has 0 radical (unpaired) electrons. The molecule has 0 spiro atoms. The number of hydrogen-bond donors (Lipinski definition) is 16. The lowest BCUT2D eigenvalue weighted by Gasteiger charge is -2.49. The number of nitrogens with two attached hydrogens (primary N) is 4. The quantitative estimate of drug-likeness (QED) is 0.0828. The van der Waals surface area contributed by atoms with E-state index in [0.717, 1.165) is 0 Å². The van der Waals surface area contributed by atoms with Crippen molar-refractivity contribution in [1.29, 1.82) is 0 Å². The van der Waals surface area contributed by atoms with Gasteiger partial charge in [0.25, 0.3) is 0 Å². The fourth-order valence-electron chi connectivity index (χ4n) is 6.54. The first-order valence-corrected chi connectivity index (χ1v) is 16.6. The monoisotopic (exact) mass is 761 g/mol. The molecule has 24 nitrogen and oxygen atoms in total. The predicted molar refractivity (Wildman–Crippen MR) is 165 cm³/mol. The maximum Gasteiger partial charge on any atom is 0.335 e. The van der Waals surface area contributed by atoms with Crippen molar-refractivity contribution in [3.8, 4) is 0 Å². The van der Waals surface area contributed by atoms with Gasteiger partial charge in [-0.2, -0.15) is 0 Å². The molecule has 1 amide bonds. The maximum atomic E-state index is 12.8. The van der Waals surface area contributed by atoms with E-state index in [1.54, 1.807) is 0 Å². The lowest BCUT2D eigenvalue weighted by Crippen LogP contribution is -2.70. The zero-order chi connectivity index (χ0) is 38.8. The summed E-state index contributed by atoms with van der Waals surface area (Å²) in [6.07, 6.45) is -32.1. The molecule has 302 valence electrons. The molecule has 0 aromatic rings. The summed E-state index contributed by atoms with van der Waals surface area (Å²) in [4.78, 5) is 24.3. The van der Waals surface area contributed by atoms with Crippen LogP contribution in [0.5, 0.6) is 0 Å². The topological polar surface area (TPSA) is 428 Å². The third-order valence-corrected chi connectivity index (χ3v) is 9.59. The Morgan fingerprint density at radius 3 is 1.87 bits per heavy atom. The molecule has 0 aromatic heterocycles. The third-order valence-electron chi connectivity index (χ3n) is 9.59. The molecular formula is C28H51N5O19. The Hall–Kier alpha value is -1.86. The van der Waals surface area contributed by atoms with Gasteiger partial charge in [-0.25, -0.2) is 4.79 Å². The SMILES string of the molecule is NCC[C@H](O)C(=O)N[C@@H]1C[C@H](N)[C@@H](O[C@H]2O[C@H](CN)[C@@H](OC3OC(C(=O)O)C(O)C(O)C3O)[C@H](O)[C@H]2O)[C@H](O)[C@H]1O[C@H]1O[C@H](CO)[C@@H](O)[C@H](N)[C@H]1O. The fraction of sp³-hybridized carbons (Fsp3) is 0.929. The number of aliphatic carboxylic acids is 1. The number of rotatable bonds is 13. The van der Waals surface area contributed by atoms with Crippen LogP contribution in [0.4, 0.5) is 0 Å². The second-order valence-corrected chi connectivity index (χ2v) is 13.2. The lowest BCUT2D eigenvalue weighted by atomic mass is 9.83. The van der Waals surface area contributed by atoms with Crippen LogP contribution in [-0.4, -0.2) is 216 Å². The van der Waals surface area contributed by atoms with Crippen molar-refractivity contribution >= 4 is 11.9 Å². The van der Waals surface area contributed by atoms with Crippen molar-refractivity contribution in [2.75, 3.05) is 19.7 Å². The summed E-state index contributed by atoms with van der Waals surface area (Å²) in [7, 11) is 0. The van der Waals surface area contributed by atoms with Crippen LogP contribution in [0, 0.1) is 0 Å². The van der Waals surface area contributed by atoms with Gasteiger partial charge in [0.15, 0.2) is 25.0 Å². The number of aliphatic hydroxyl groups excluding tert-OH is 10. The van der Waals surface area contributed by atoms with Crippen molar-refractivity contribution < 1.29 is 94.2 Å². The standard InChI is InChI=1S/C28H51N5O19/c29-2-1-8(35)24(44)33-7-3-6(31)20(19(43)21(7)50-26-13(37)11(32)12(36)10(5-34)48-26)49-27-18(42)16(40)22(9(4-30)47-27)51-28-17(41)14(38)15(39)23(52-28)25(45)46/h6-23,26-28,34-43H,1-5,29-32H2,(H,33,44)(H,45,46)/t6-,7+,8-,9+,10+,11-,12+,13+,14?,15?,16+,17?,18+,19-,20+,21-,22+,23?,26+,27+,28?/m0/s1. The van der Waals surface area contributed by atoms with Crippen molar-refractivity contribution in [1.82, 2.24) is 5.32 Å². The molecule has 1 saturated carbocycles. The minimum Gasteiger partial charge on any atom is -0.479 e. The van der Waals surface area contributed by atoms with Gasteiger partial charge in [-0.15, -0.1) is 0 Å². The fourth-order valence-corrected chi connectivity index (χ4v) is 6.54. The van der Waals surface area contributed by atoms with Gasteiger partial charge in [0.1, 0.15) is 85.5 Å². The van der Waals surface area contributed by atoms with Crippen LogP contribution >= 0.6 is 0 Å². The first-order valence-electron chi connectivity index (χ1n) is 16.6. The molecule has 21 atom stereocenters. The second kappa shape index (κ2) is 18.2. The molecule has 24 heteroatoms. The number of carbonyl (C=O) groups excluding carboxylic acids is 1. The number of carboxylic acid groups (broad SMARTS) is 1. The highest BCUT2D eigenvalue weighted by Crippen LogP contribution is 2.34. The van der Waals surface area contributed by atoms with Crippen LogP contribution in [0.15, 0.2) is 0 Å². The predicted octanol–water partition coefficient (Wildman–Crippen LogP) is -10.5. The van der Waals surface area contributed by atoms with Crippen LogP contribution in [0.1, 0.15) is 12.8 Å². The van der Waals surface area contributed by atoms with Crippen molar-refractivity contribution in [2.45, 2.75) is 141 Å². The molecule has 3 aliphatic heterocycles. The summed E-state index contributed by atoms with van der Waals surface area (Å²) < 4.78 is 33.6. The summed E-state index contributed by atoms with van der Waals surface area (Å²) in [5.41, 5.74) is 23.5. The Bertz CT molecular complexity index is 1180. The van der Waals surface area contributed by atoms with Crippen molar-refractivity contribution in [2.24, 2.45) is 22.9 Å². The number of aliphatic hydroxyl groups is 10. The first-order chi connectivity index (χ1) is 24.5. The Morgan fingerprint density at radius 1 is 0.712 bits per heavy atom. The van der Waals surface area contributed by atoms with Crippen molar-refractivity contribution in [3.05, 3.63) is 0 Å². The third kappa shape index (κ3) is 8.98. The van der Waals surface area contributed by atoms with Gasteiger partial charge in [0, 0.05) is 12.6 Å². The minimum absolute atomic E-state index is 0.0461. The van der Waals surface area contributed by atoms with E-state index in [2.05, 4.69) is 5.32 Å². The maximum absolute atomic E-state index is 12.8. The highest BCUT2D eigenvalue weighted by Gasteiger charge is 2.55. The Labute approximate surface area is 295 Å². The van der Waals surface area contributed by atoms with E-state index in [4.69, 9.17) is 51.4 Å². The number of nitrogens with one attached hydrogen (secondary N) is 1. The van der Waals surface area contributed by atoms with E-state index in [9.17, 15) is 65.8 Å². The van der Waals surface area contributed by atoms with Crippen LogP contribution in [-0.2, 0) is 38.0 Å². The zero-order valence-corrected chi connectivity index (χ0v) is 27.7. The molecular weight excluding hydrogens is 710 g/mol. The molecule has 3 saturated heterocycles. The zero-order valence-electron chi connectivity index (χ0n) is 27.7. The summed E-state index contributed by atoms with van der Waals surface area (Å²) >= 11 is 0. The number of carbonyl (C=O) groups is 2. The van der Waals surface area contributed by atoms with E-state index in [1.807, 2.05) is 0 Å². The Balaban J connectivity index is 1.53. The average Bonchev–Trinajstić information content (AvgIpc) is 3.10. The largest absolute Gasteiger partial charge is 0.479 e. The van der Waals surface area contributed by atoms with E-state index < -0.39 is 154 Å². The molecule has 52 heavy (non-hydrogen) atoms. The number of amides is 1. The van der Waals surface area contributed by atoms with Gasteiger partial charge < -0.3 is 113 Å².